The summed E-state index contributed by atoms with van der Waals surface area (Å²) in [5.74, 6) is -0.306. The quantitative estimate of drug-likeness (QED) is 0.811. The molecular formula is C11H11FN4O. The molecule has 2 aromatic rings. The van der Waals surface area contributed by atoms with Crippen LogP contribution in [0.2, 0.25) is 0 Å². The number of nitrogen functional groups attached to an aromatic ring is 1. The third-order valence-corrected chi connectivity index (χ3v) is 2.35. The number of carbonyl (C=O) groups is 1. The highest BCUT2D eigenvalue weighted by Gasteiger charge is 2.13. The van der Waals surface area contributed by atoms with Crippen molar-refractivity contribution in [2.75, 3.05) is 5.73 Å². The number of anilines is 1. The van der Waals surface area contributed by atoms with Crippen molar-refractivity contribution in [3.8, 4) is 0 Å². The van der Waals surface area contributed by atoms with Crippen LogP contribution in [0.5, 0.6) is 0 Å². The molecule has 1 aromatic carbocycles. The highest BCUT2D eigenvalue weighted by Crippen LogP contribution is 2.11. The molecule has 0 aliphatic heterocycles. The predicted molar refractivity (Wildman–Crippen MR) is 59.9 cm³/mol. The van der Waals surface area contributed by atoms with Crippen molar-refractivity contribution in [2.45, 2.75) is 13.5 Å². The Labute approximate surface area is 97.0 Å². The summed E-state index contributed by atoms with van der Waals surface area (Å²) in [6, 6.07) is 5.97. The Morgan fingerprint density at radius 1 is 1.41 bits per heavy atom. The summed E-state index contributed by atoms with van der Waals surface area (Å²) in [5, 5.41) is 7.48. The van der Waals surface area contributed by atoms with Crippen molar-refractivity contribution < 1.29 is 9.18 Å². The molecule has 0 unspecified atom stereocenters. The Bertz CT molecular complexity index is 547. The Morgan fingerprint density at radius 3 is 2.59 bits per heavy atom. The molecule has 2 N–H and O–H groups in total. The first-order chi connectivity index (χ1) is 8.08. The molecule has 2 rings (SSSR count). The van der Waals surface area contributed by atoms with Crippen LogP contribution in [0.3, 0.4) is 0 Å². The fourth-order valence-electron chi connectivity index (χ4n) is 1.45. The van der Waals surface area contributed by atoms with E-state index >= 15 is 0 Å². The summed E-state index contributed by atoms with van der Waals surface area (Å²) >= 11 is 0. The van der Waals surface area contributed by atoms with Crippen LogP contribution in [-0.2, 0) is 6.54 Å². The largest absolute Gasteiger partial charge is 0.382 e. The van der Waals surface area contributed by atoms with Gasteiger partial charge in [0.1, 0.15) is 5.82 Å². The lowest BCUT2D eigenvalue weighted by Gasteiger charge is -2.03. The average molecular weight is 234 g/mol. The summed E-state index contributed by atoms with van der Waals surface area (Å²) < 4.78 is 14.1. The molecule has 5 nitrogen and oxygen atoms in total. The highest BCUT2D eigenvalue weighted by atomic mass is 19.1. The van der Waals surface area contributed by atoms with Gasteiger partial charge in [-0.2, -0.15) is 0 Å². The zero-order valence-corrected chi connectivity index (χ0v) is 9.22. The molecule has 88 valence electrons. The lowest BCUT2D eigenvalue weighted by Crippen LogP contribution is -2.07. The number of hydrogen-bond donors (Lipinski definition) is 1. The van der Waals surface area contributed by atoms with E-state index in [0.29, 0.717) is 6.54 Å². The number of nitrogens with zero attached hydrogens (tertiary/aromatic N) is 3. The van der Waals surface area contributed by atoms with Gasteiger partial charge in [0.15, 0.2) is 17.3 Å². The Hall–Kier alpha value is -2.24. The standard InChI is InChI=1S/C11H11FN4O/c1-7(17)10-11(13)16(15-14-10)6-8-2-4-9(12)5-3-8/h2-5H,6,13H2,1H3. The van der Waals surface area contributed by atoms with E-state index in [0.717, 1.165) is 5.56 Å². The molecule has 0 spiro atoms. The van der Waals surface area contributed by atoms with Gasteiger partial charge in [0.2, 0.25) is 0 Å². The van der Waals surface area contributed by atoms with Crippen LogP contribution in [-0.4, -0.2) is 20.8 Å². The van der Waals surface area contributed by atoms with E-state index in [4.69, 9.17) is 5.73 Å². The molecule has 0 saturated heterocycles. The molecule has 0 saturated carbocycles. The van der Waals surface area contributed by atoms with E-state index < -0.39 is 0 Å². The average Bonchev–Trinajstić information content (AvgIpc) is 2.64. The van der Waals surface area contributed by atoms with Gasteiger partial charge in [0.05, 0.1) is 6.54 Å². The smallest absolute Gasteiger partial charge is 0.183 e. The van der Waals surface area contributed by atoms with Crippen molar-refractivity contribution >= 4 is 11.6 Å². The van der Waals surface area contributed by atoms with Crippen LogP contribution < -0.4 is 5.73 Å². The number of rotatable bonds is 3. The summed E-state index contributed by atoms with van der Waals surface area (Å²) in [5.41, 5.74) is 6.72. The van der Waals surface area contributed by atoms with E-state index in [9.17, 15) is 9.18 Å². The zero-order chi connectivity index (χ0) is 12.4. The van der Waals surface area contributed by atoms with Crippen molar-refractivity contribution in [1.29, 1.82) is 0 Å². The number of ketones is 1. The third kappa shape index (κ3) is 2.30. The summed E-state index contributed by atoms with van der Waals surface area (Å²) in [6.45, 7) is 1.73. The summed E-state index contributed by atoms with van der Waals surface area (Å²) in [6.07, 6.45) is 0. The fraction of sp³-hybridized carbons (Fsp3) is 0.182. The molecule has 0 radical (unpaired) electrons. The second-order valence-electron chi connectivity index (χ2n) is 3.66. The second-order valence-corrected chi connectivity index (χ2v) is 3.66. The molecule has 6 heteroatoms. The number of benzene rings is 1. The highest BCUT2D eigenvalue weighted by molar-refractivity contribution is 5.96. The van der Waals surface area contributed by atoms with Gasteiger partial charge < -0.3 is 5.73 Å². The van der Waals surface area contributed by atoms with Crippen LogP contribution in [0.15, 0.2) is 24.3 Å². The Balaban J connectivity index is 2.24. The van der Waals surface area contributed by atoms with Crippen molar-refractivity contribution in [3.05, 3.63) is 41.3 Å². The minimum absolute atomic E-state index is 0.159. The van der Waals surface area contributed by atoms with Crippen LogP contribution in [0.4, 0.5) is 10.2 Å². The maximum Gasteiger partial charge on any atom is 0.183 e. The normalized spacial score (nSPS) is 10.5. The molecule has 0 amide bonds. The number of nitrogens with two attached hydrogens (primary N) is 1. The van der Waals surface area contributed by atoms with Crippen molar-refractivity contribution in [2.24, 2.45) is 0 Å². The van der Waals surface area contributed by atoms with Gasteiger partial charge in [0.25, 0.3) is 0 Å². The number of hydrogen-bond acceptors (Lipinski definition) is 4. The molecule has 0 aliphatic rings. The first-order valence-corrected chi connectivity index (χ1v) is 5.02. The van der Waals surface area contributed by atoms with E-state index in [-0.39, 0.29) is 23.1 Å². The van der Waals surface area contributed by atoms with E-state index in [2.05, 4.69) is 10.3 Å². The van der Waals surface area contributed by atoms with Crippen LogP contribution >= 0.6 is 0 Å². The van der Waals surface area contributed by atoms with E-state index in [1.807, 2.05) is 0 Å². The SMILES string of the molecule is CC(=O)c1nnn(Cc2ccc(F)cc2)c1N. The lowest BCUT2D eigenvalue weighted by atomic mass is 10.2. The van der Waals surface area contributed by atoms with Gasteiger partial charge in [-0.25, -0.2) is 9.07 Å². The monoisotopic (exact) mass is 234 g/mol. The number of halogens is 1. The molecular weight excluding hydrogens is 223 g/mol. The number of Topliss-reactive ketones (excluding diaryl/α,β-unsaturated/α-hetero) is 1. The van der Waals surface area contributed by atoms with Gasteiger partial charge in [-0.1, -0.05) is 17.3 Å². The van der Waals surface area contributed by atoms with Crippen LogP contribution in [0.1, 0.15) is 23.0 Å². The minimum Gasteiger partial charge on any atom is -0.382 e. The minimum atomic E-state index is -0.301. The molecule has 1 aromatic heterocycles. The zero-order valence-electron chi connectivity index (χ0n) is 9.22. The molecule has 17 heavy (non-hydrogen) atoms. The summed E-state index contributed by atoms with van der Waals surface area (Å²) in [7, 11) is 0. The van der Waals surface area contributed by atoms with Crippen LogP contribution in [0, 0.1) is 5.82 Å². The number of carbonyl (C=O) groups excluding carboxylic acids is 1. The van der Waals surface area contributed by atoms with Gasteiger partial charge in [0, 0.05) is 6.92 Å². The first kappa shape index (κ1) is 11.3. The molecule has 0 aliphatic carbocycles. The third-order valence-electron chi connectivity index (χ3n) is 2.35. The van der Waals surface area contributed by atoms with Crippen molar-refractivity contribution in [1.82, 2.24) is 15.0 Å². The van der Waals surface area contributed by atoms with Crippen LogP contribution in [0.25, 0.3) is 0 Å². The maximum atomic E-state index is 12.7. The predicted octanol–water partition coefficient (Wildman–Crippen LogP) is 1.25. The fourth-order valence-corrected chi connectivity index (χ4v) is 1.45. The number of aromatic nitrogens is 3. The van der Waals surface area contributed by atoms with Gasteiger partial charge >= 0.3 is 0 Å². The van der Waals surface area contributed by atoms with Gasteiger partial charge in [-0.05, 0) is 17.7 Å². The van der Waals surface area contributed by atoms with Gasteiger partial charge in [-0.15, -0.1) is 5.10 Å². The molecule has 1 heterocycles. The van der Waals surface area contributed by atoms with Gasteiger partial charge in [-0.3, -0.25) is 4.79 Å². The second kappa shape index (κ2) is 4.32. The summed E-state index contributed by atoms with van der Waals surface area (Å²) in [4.78, 5) is 11.1. The topological polar surface area (TPSA) is 73.8 Å². The van der Waals surface area contributed by atoms with Crippen molar-refractivity contribution in [3.63, 3.8) is 0 Å². The molecule has 0 fully saturated rings. The molecule has 0 atom stereocenters. The Kier molecular flexibility index (Phi) is 2.86. The van der Waals surface area contributed by atoms with E-state index in [1.54, 1.807) is 12.1 Å². The Morgan fingerprint density at radius 2 is 2.06 bits per heavy atom. The lowest BCUT2D eigenvalue weighted by molar-refractivity contribution is 0.101. The first-order valence-electron chi connectivity index (χ1n) is 5.02. The molecule has 0 bridgehead atoms. The van der Waals surface area contributed by atoms with E-state index in [1.165, 1.54) is 23.7 Å². The maximum absolute atomic E-state index is 12.7.